The third-order valence-electron chi connectivity index (χ3n) is 2.26. The molecule has 94 valence electrons. The molecule has 17 heavy (non-hydrogen) atoms. The molecule has 5 nitrogen and oxygen atoms in total. The molecule has 0 spiro atoms. The van der Waals surface area contributed by atoms with Gasteiger partial charge in [0.25, 0.3) is 0 Å². The number of carbonyl (C=O) groups is 1. The van der Waals surface area contributed by atoms with Gasteiger partial charge in [0.15, 0.2) is 15.4 Å². The number of sulfone groups is 1. The molecule has 0 aliphatic rings. The number of carbonyl (C=O) groups excluding carboxylic acids is 1. The maximum Gasteiger partial charge on any atom is 0.250 e. The van der Waals surface area contributed by atoms with Crippen LogP contribution in [0.4, 0.5) is 0 Å². The lowest BCUT2D eigenvalue weighted by molar-refractivity contribution is -0.132. The number of rotatable bonds is 5. The van der Waals surface area contributed by atoms with Crippen LogP contribution in [-0.4, -0.2) is 30.8 Å². The van der Waals surface area contributed by atoms with E-state index in [4.69, 9.17) is 5.73 Å². The fourth-order valence-corrected chi connectivity index (χ4v) is 3.18. The topological polar surface area (TPSA) is 97.5 Å². The number of benzene rings is 1. The van der Waals surface area contributed by atoms with Crippen molar-refractivity contribution in [2.45, 2.75) is 18.3 Å². The summed E-state index contributed by atoms with van der Waals surface area (Å²) < 4.78 is 23.5. The predicted molar refractivity (Wildman–Crippen MR) is 63.8 cm³/mol. The van der Waals surface area contributed by atoms with Crippen LogP contribution in [0.3, 0.4) is 0 Å². The third-order valence-corrected chi connectivity index (χ3v) is 4.04. The molecule has 0 aromatic heterocycles. The molecule has 0 heterocycles. The lowest BCUT2D eigenvalue weighted by Gasteiger charge is -2.18. The second-order valence-corrected chi connectivity index (χ2v) is 6.22. The van der Waals surface area contributed by atoms with Crippen LogP contribution < -0.4 is 5.73 Å². The molecule has 3 N–H and O–H groups in total. The highest BCUT2D eigenvalue weighted by Crippen LogP contribution is 2.12. The van der Waals surface area contributed by atoms with Crippen LogP contribution in [0.25, 0.3) is 0 Å². The minimum atomic E-state index is -3.59. The van der Waals surface area contributed by atoms with E-state index in [1.54, 1.807) is 30.3 Å². The van der Waals surface area contributed by atoms with Gasteiger partial charge < -0.3 is 10.8 Å². The van der Waals surface area contributed by atoms with Gasteiger partial charge in [0, 0.05) is 0 Å². The Kier molecular flexibility index (Phi) is 3.90. The van der Waals surface area contributed by atoms with Gasteiger partial charge in [0.05, 0.1) is 11.5 Å². The molecule has 1 atom stereocenters. The minimum Gasteiger partial charge on any atom is -0.379 e. The smallest absolute Gasteiger partial charge is 0.250 e. The number of hydrogen-bond donors (Lipinski definition) is 2. The Bertz CT molecular complexity index is 493. The molecule has 0 aliphatic carbocycles. The molecular formula is C11H15NO4S. The van der Waals surface area contributed by atoms with Crippen LogP contribution in [-0.2, 0) is 20.4 Å². The molecular weight excluding hydrogens is 242 g/mol. The summed E-state index contributed by atoms with van der Waals surface area (Å²) in [7, 11) is -3.59. The van der Waals surface area contributed by atoms with E-state index in [1.807, 2.05) is 0 Å². The van der Waals surface area contributed by atoms with Gasteiger partial charge in [-0.3, -0.25) is 4.79 Å². The molecule has 0 aliphatic heterocycles. The Morgan fingerprint density at radius 2 is 1.88 bits per heavy atom. The monoisotopic (exact) mass is 257 g/mol. The maximum absolute atomic E-state index is 11.8. The molecule has 0 fully saturated rings. The molecule has 0 saturated heterocycles. The summed E-state index contributed by atoms with van der Waals surface area (Å²) in [5, 5.41) is 9.55. The van der Waals surface area contributed by atoms with Crippen molar-refractivity contribution in [2.24, 2.45) is 5.73 Å². The Morgan fingerprint density at radius 1 is 1.35 bits per heavy atom. The van der Waals surface area contributed by atoms with E-state index in [2.05, 4.69) is 0 Å². The van der Waals surface area contributed by atoms with Gasteiger partial charge in [-0.05, 0) is 12.5 Å². The number of nitrogens with two attached hydrogens (primary N) is 1. The fourth-order valence-electron chi connectivity index (χ4n) is 1.38. The van der Waals surface area contributed by atoms with E-state index in [9.17, 15) is 18.3 Å². The van der Waals surface area contributed by atoms with Crippen molar-refractivity contribution in [1.82, 2.24) is 0 Å². The second-order valence-electron chi connectivity index (χ2n) is 4.16. The second kappa shape index (κ2) is 4.85. The van der Waals surface area contributed by atoms with E-state index in [1.165, 1.54) is 0 Å². The summed E-state index contributed by atoms with van der Waals surface area (Å²) in [5.74, 6) is -1.95. The first kappa shape index (κ1) is 13.7. The summed E-state index contributed by atoms with van der Waals surface area (Å²) in [6.07, 6.45) is 0. The number of amides is 1. The van der Waals surface area contributed by atoms with Crippen molar-refractivity contribution in [3.05, 3.63) is 35.9 Å². The van der Waals surface area contributed by atoms with Crippen molar-refractivity contribution in [3.8, 4) is 0 Å². The minimum absolute atomic E-state index is 0.225. The molecule has 1 amide bonds. The Morgan fingerprint density at radius 3 is 2.35 bits per heavy atom. The van der Waals surface area contributed by atoms with Gasteiger partial charge in [-0.25, -0.2) is 8.42 Å². The van der Waals surface area contributed by atoms with Gasteiger partial charge in [0.1, 0.15) is 0 Å². The lowest BCUT2D eigenvalue weighted by Crippen LogP contribution is -2.46. The van der Waals surface area contributed by atoms with Crippen molar-refractivity contribution < 1.29 is 18.3 Å². The third kappa shape index (κ3) is 4.16. The van der Waals surface area contributed by atoms with Crippen molar-refractivity contribution in [1.29, 1.82) is 0 Å². The Labute approximate surface area is 100 Å². The van der Waals surface area contributed by atoms with E-state index < -0.39 is 27.1 Å². The van der Waals surface area contributed by atoms with E-state index in [-0.39, 0.29) is 5.75 Å². The van der Waals surface area contributed by atoms with Gasteiger partial charge in [-0.2, -0.15) is 0 Å². The molecule has 1 unspecified atom stereocenters. The Hall–Kier alpha value is -1.40. The quantitative estimate of drug-likeness (QED) is 0.765. The van der Waals surface area contributed by atoms with Crippen molar-refractivity contribution >= 4 is 15.7 Å². The van der Waals surface area contributed by atoms with E-state index >= 15 is 0 Å². The first-order chi connectivity index (χ1) is 7.73. The predicted octanol–water partition coefficient (Wildman–Crippen LogP) is -0.162. The lowest BCUT2D eigenvalue weighted by atomic mass is 10.1. The zero-order valence-electron chi connectivity index (χ0n) is 9.46. The summed E-state index contributed by atoms with van der Waals surface area (Å²) in [6, 6.07) is 8.54. The normalized spacial score (nSPS) is 15.2. The van der Waals surface area contributed by atoms with Gasteiger partial charge >= 0.3 is 0 Å². The highest BCUT2D eigenvalue weighted by molar-refractivity contribution is 7.90. The summed E-state index contributed by atoms with van der Waals surface area (Å²) in [4.78, 5) is 10.9. The molecule has 1 rings (SSSR count). The van der Waals surface area contributed by atoms with Crippen molar-refractivity contribution in [2.75, 3.05) is 5.75 Å². The van der Waals surface area contributed by atoms with Gasteiger partial charge in [0.2, 0.25) is 5.91 Å². The van der Waals surface area contributed by atoms with Gasteiger partial charge in [-0.1, -0.05) is 30.3 Å². The van der Waals surface area contributed by atoms with Gasteiger partial charge in [-0.15, -0.1) is 0 Å². The average molecular weight is 257 g/mol. The van der Waals surface area contributed by atoms with E-state index in [0.29, 0.717) is 5.56 Å². The molecule has 1 aromatic rings. The van der Waals surface area contributed by atoms with Crippen LogP contribution in [0.2, 0.25) is 0 Å². The first-order valence-corrected chi connectivity index (χ1v) is 6.82. The highest BCUT2D eigenvalue weighted by atomic mass is 32.2. The zero-order valence-corrected chi connectivity index (χ0v) is 10.3. The molecule has 6 heteroatoms. The number of aliphatic hydroxyl groups is 1. The Balaban J connectivity index is 2.81. The summed E-state index contributed by atoms with van der Waals surface area (Å²) in [6.45, 7) is 1.10. The molecule has 1 aromatic carbocycles. The van der Waals surface area contributed by atoms with Crippen LogP contribution in [0, 0.1) is 0 Å². The molecule has 0 radical (unpaired) electrons. The molecule has 0 bridgehead atoms. The first-order valence-electron chi connectivity index (χ1n) is 4.99. The largest absolute Gasteiger partial charge is 0.379 e. The van der Waals surface area contributed by atoms with Crippen LogP contribution in [0.15, 0.2) is 30.3 Å². The standard InChI is InChI=1S/C11H15NO4S/c1-11(14,10(12)13)8-17(15,16)7-9-5-3-2-4-6-9/h2-6,14H,7-8H2,1H3,(H2,12,13). The van der Waals surface area contributed by atoms with Crippen LogP contribution in [0.5, 0.6) is 0 Å². The maximum atomic E-state index is 11.8. The number of hydrogen-bond acceptors (Lipinski definition) is 4. The van der Waals surface area contributed by atoms with Crippen molar-refractivity contribution in [3.63, 3.8) is 0 Å². The summed E-state index contributed by atoms with van der Waals surface area (Å²) in [5.41, 5.74) is 3.49. The van der Waals surface area contributed by atoms with Crippen LogP contribution in [0.1, 0.15) is 12.5 Å². The SMILES string of the molecule is CC(O)(CS(=O)(=O)Cc1ccccc1)C(N)=O. The fraction of sp³-hybridized carbons (Fsp3) is 0.364. The van der Waals surface area contributed by atoms with E-state index in [0.717, 1.165) is 6.92 Å². The summed E-state index contributed by atoms with van der Waals surface area (Å²) >= 11 is 0. The average Bonchev–Trinajstić information content (AvgIpc) is 2.16. The zero-order chi connectivity index (χ0) is 13.1. The number of primary amides is 1. The highest BCUT2D eigenvalue weighted by Gasteiger charge is 2.33. The molecule has 0 saturated carbocycles. The van der Waals surface area contributed by atoms with Crippen LogP contribution >= 0.6 is 0 Å².